The van der Waals surface area contributed by atoms with Crippen LogP contribution in [0, 0.1) is 0 Å². The Hall–Kier alpha value is -3.62. The first kappa shape index (κ1) is 16.8. The molecule has 4 aromatic rings. The normalized spacial score (nSPS) is 11.5. The number of nitrogens with one attached hydrogen (secondary N) is 2. The number of hydrogen-bond acceptors (Lipinski definition) is 5. The van der Waals surface area contributed by atoms with Gasteiger partial charge in [-0.2, -0.15) is 0 Å². The number of imidazole rings is 1. The van der Waals surface area contributed by atoms with Gasteiger partial charge in [0, 0.05) is 23.5 Å². The van der Waals surface area contributed by atoms with Crippen LogP contribution in [0.3, 0.4) is 0 Å². The van der Waals surface area contributed by atoms with E-state index in [9.17, 15) is 13.2 Å². The summed E-state index contributed by atoms with van der Waals surface area (Å²) < 4.78 is 41.0. The van der Waals surface area contributed by atoms with Gasteiger partial charge in [0.2, 0.25) is 5.95 Å². The van der Waals surface area contributed by atoms with Gasteiger partial charge in [-0.25, -0.2) is 15.0 Å². The van der Waals surface area contributed by atoms with Crippen molar-refractivity contribution in [2.45, 2.75) is 6.36 Å². The molecule has 0 spiro atoms. The minimum atomic E-state index is -4.75. The van der Waals surface area contributed by atoms with Crippen LogP contribution in [0.15, 0.2) is 61.1 Å². The summed E-state index contributed by atoms with van der Waals surface area (Å²) in [5.74, 6) is -0.0743. The number of rotatable bonds is 4. The van der Waals surface area contributed by atoms with Crippen molar-refractivity contribution in [3.05, 3.63) is 61.1 Å². The SMILES string of the molecule is FC(F)(F)Oc1cccc(Nc2nccc(-c3ccc4nc[nH]c4c3)n2)c1. The quantitative estimate of drug-likeness (QED) is 0.546. The topological polar surface area (TPSA) is 75.7 Å². The summed E-state index contributed by atoms with van der Waals surface area (Å²) in [5, 5.41) is 2.88. The second-order valence-corrected chi connectivity index (χ2v) is 5.60. The van der Waals surface area contributed by atoms with Gasteiger partial charge in [-0.1, -0.05) is 12.1 Å². The lowest BCUT2D eigenvalue weighted by Crippen LogP contribution is -2.17. The monoisotopic (exact) mass is 371 g/mol. The summed E-state index contributed by atoms with van der Waals surface area (Å²) in [4.78, 5) is 15.7. The largest absolute Gasteiger partial charge is 0.573 e. The molecular formula is C18H12F3N5O. The third-order valence-electron chi connectivity index (χ3n) is 3.70. The van der Waals surface area contributed by atoms with Crippen molar-refractivity contribution in [3.8, 4) is 17.0 Å². The van der Waals surface area contributed by atoms with Crippen LogP contribution >= 0.6 is 0 Å². The summed E-state index contributed by atoms with van der Waals surface area (Å²) in [6.07, 6.45) is -1.57. The second kappa shape index (κ2) is 6.60. The number of ether oxygens (including phenoxy) is 1. The Morgan fingerprint density at radius 3 is 2.74 bits per heavy atom. The first-order chi connectivity index (χ1) is 13.0. The molecule has 0 aliphatic carbocycles. The average Bonchev–Trinajstić information content (AvgIpc) is 3.08. The molecule has 9 heteroatoms. The Labute approximate surface area is 151 Å². The number of hydrogen-bond donors (Lipinski definition) is 2. The van der Waals surface area contributed by atoms with Crippen LogP contribution in [0.2, 0.25) is 0 Å². The molecule has 0 radical (unpaired) electrons. The van der Waals surface area contributed by atoms with Crippen LogP contribution in [-0.4, -0.2) is 26.3 Å². The first-order valence-corrected chi connectivity index (χ1v) is 7.86. The number of anilines is 2. The van der Waals surface area contributed by atoms with Gasteiger partial charge in [-0.05, 0) is 30.3 Å². The van der Waals surface area contributed by atoms with E-state index in [-0.39, 0.29) is 11.7 Å². The van der Waals surface area contributed by atoms with E-state index in [0.717, 1.165) is 16.6 Å². The van der Waals surface area contributed by atoms with Crippen molar-refractivity contribution in [2.75, 3.05) is 5.32 Å². The highest BCUT2D eigenvalue weighted by atomic mass is 19.4. The molecule has 0 amide bonds. The molecule has 0 saturated carbocycles. The molecule has 2 aromatic carbocycles. The minimum Gasteiger partial charge on any atom is -0.406 e. The molecule has 2 aromatic heterocycles. The van der Waals surface area contributed by atoms with E-state index in [4.69, 9.17) is 0 Å². The van der Waals surface area contributed by atoms with Gasteiger partial charge in [0.1, 0.15) is 5.75 Å². The van der Waals surface area contributed by atoms with Crippen molar-refractivity contribution in [2.24, 2.45) is 0 Å². The molecule has 0 atom stereocenters. The van der Waals surface area contributed by atoms with Crippen LogP contribution < -0.4 is 10.1 Å². The molecule has 2 N–H and O–H groups in total. The van der Waals surface area contributed by atoms with Crippen molar-refractivity contribution >= 4 is 22.7 Å². The number of H-pyrrole nitrogens is 1. The molecule has 0 unspecified atom stereocenters. The summed E-state index contributed by atoms with van der Waals surface area (Å²) in [5.41, 5.74) is 3.60. The number of fused-ring (bicyclic) bond motifs is 1. The van der Waals surface area contributed by atoms with Crippen molar-refractivity contribution in [1.82, 2.24) is 19.9 Å². The van der Waals surface area contributed by atoms with E-state index in [1.54, 1.807) is 24.7 Å². The van der Waals surface area contributed by atoms with Crippen LogP contribution in [0.25, 0.3) is 22.3 Å². The molecule has 0 saturated heterocycles. The molecule has 0 bridgehead atoms. The second-order valence-electron chi connectivity index (χ2n) is 5.60. The van der Waals surface area contributed by atoms with E-state index in [2.05, 4.69) is 30.0 Å². The van der Waals surface area contributed by atoms with Gasteiger partial charge in [-0.15, -0.1) is 13.2 Å². The van der Waals surface area contributed by atoms with Crippen LogP contribution in [0.1, 0.15) is 0 Å². The Morgan fingerprint density at radius 2 is 1.89 bits per heavy atom. The van der Waals surface area contributed by atoms with Crippen molar-refractivity contribution in [1.29, 1.82) is 0 Å². The van der Waals surface area contributed by atoms with Gasteiger partial charge < -0.3 is 15.0 Å². The zero-order chi connectivity index (χ0) is 18.9. The van der Waals surface area contributed by atoms with E-state index < -0.39 is 6.36 Å². The summed E-state index contributed by atoms with van der Waals surface area (Å²) in [6, 6.07) is 12.9. The number of benzene rings is 2. The molecule has 0 aliphatic rings. The van der Waals surface area contributed by atoms with E-state index in [1.165, 1.54) is 18.2 Å². The lowest BCUT2D eigenvalue weighted by molar-refractivity contribution is -0.274. The van der Waals surface area contributed by atoms with Gasteiger partial charge in [0.25, 0.3) is 0 Å². The van der Waals surface area contributed by atoms with Gasteiger partial charge in [-0.3, -0.25) is 0 Å². The van der Waals surface area contributed by atoms with E-state index >= 15 is 0 Å². The van der Waals surface area contributed by atoms with Gasteiger partial charge in [0.15, 0.2) is 0 Å². The summed E-state index contributed by atoms with van der Waals surface area (Å²) in [6.45, 7) is 0. The third kappa shape index (κ3) is 3.97. The maximum absolute atomic E-state index is 12.4. The predicted molar refractivity (Wildman–Crippen MR) is 93.5 cm³/mol. The maximum atomic E-state index is 12.4. The van der Waals surface area contributed by atoms with Crippen molar-refractivity contribution < 1.29 is 17.9 Å². The summed E-state index contributed by atoms with van der Waals surface area (Å²) >= 11 is 0. The maximum Gasteiger partial charge on any atom is 0.573 e. The van der Waals surface area contributed by atoms with Crippen LogP contribution in [0.4, 0.5) is 24.8 Å². The molecule has 136 valence electrons. The zero-order valence-corrected chi connectivity index (χ0v) is 13.7. The fourth-order valence-corrected chi connectivity index (χ4v) is 2.57. The lowest BCUT2D eigenvalue weighted by Gasteiger charge is -2.11. The molecular weight excluding hydrogens is 359 g/mol. The molecule has 4 rings (SSSR count). The smallest absolute Gasteiger partial charge is 0.406 e. The number of halogens is 3. The Bertz CT molecular complexity index is 1090. The fourth-order valence-electron chi connectivity index (χ4n) is 2.57. The lowest BCUT2D eigenvalue weighted by atomic mass is 10.1. The van der Waals surface area contributed by atoms with E-state index in [1.807, 2.05) is 18.2 Å². The third-order valence-corrected chi connectivity index (χ3v) is 3.70. The number of aromatic nitrogens is 4. The molecule has 0 fully saturated rings. The highest BCUT2D eigenvalue weighted by molar-refractivity contribution is 5.80. The fraction of sp³-hybridized carbons (Fsp3) is 0.0556. The number of alkyl halides is 3. The van der Waals surface area contributed by atoms with Crippen LogP contribution in [0.5, 0.6) is 5.75 Å². The minimum absolute atomic E-state index is 0.251. The van der Waals surface area contributed by atoms with E-state index in [0.29, 0.717) is 11.4 Å². The standard InChI is InChI=1S/C18H12F3N5O/c19-18(20,21)27-13-3-1-2-12(9-13)25-17-22-7-6-14(26-17)11-4-5-15-16(8-11)24-10-23-15/h1-10H,(H,23,24)(H,22,25,26). The Balaban J connectivity index is 1.58. The highest BCUT2D eigenvalue weighted by Gasteiger charge is 2.31. The molecule has 0 aliphatic heterocycles. The Kier molecular flexibility index (Phi) is 4.11. The molecule has 27 heavy (non-hydrogen) atoms. The predicted octanol–water partition coefficient (Wildman–Crippen LogP) is 4.66. The molecule has 2 heterocycles. The van der Waals surface area contributed by atoms with Gasteiger partial charge >= 0.3 is 6.36 Å². The highest BCUT2D eigenvalue weighted by Crippen LogP contribution is 2.27. The summed E-state index contributed by atoms with van der Waals surface area (Å²) in [7, 11) is 0. The number of nitrogens with zero attached hydrogens (tertiary/aromatic N) is 3. The van der Waals surface area contributed by atoms with Crippen molar-refractivity contribution in [3.63, 3.8) is 0 Å². The first-order valence-electron chi connectivity index (χ1n) is 7.86. The van der Waals surface area contributed by atoms with Crippen LogP contribution in [-0.2, 0) is 0 Å². The zero-order valence-electron chi connectivity index (χ0n) is 13.7. The average molecular weight is 371 g/mol. The Morgan fingerprint density at radius 1 is 1.00 bits per heavy atom. The number of aromatic amines is 1. The molecule has 6 nitrogen and oxygen atoms in total. The van der Waals surface area contributed by atoms with Gasteiger partial charge in [0.05, 0.1) is 23.1 Å².